The van der Waals surface area contributed by atoms with E-state index in [2.05, 4.69) is 29.5 Å². The Labute approximate surface area is 117 Å². The molecule has 0 radical (unpaired) electrons. The van der Waals surface area contributed by atoms with E-state index in [4.69, 9.17) is 0 Å². The molecule has 2 N–H and O–H groups in total. The van der Waals surface area contributed by atoms with E-state index in [1.165, 1.54) is 32.1 Å². The first-order valence-electron chi connectivity index (χ1n) is 6.41. The molecule has 1 saturated carbocycles. The van der Waals surface area contributed by atoms with Gasteiger partial charge in [-0.2, -0.15) is 0 Å². The fourth-order valence-corrected chi connectivity index (χ4v) is 1.98. The molecule has 0 aromatic heterocycles. The summed E-state index contributed by atoms with van der Waals surface area (Å²) in [5.41, 5.74) is 0. The van der Waals surface area contributed by atoms with Gasteiger partial charge in [-0.1, -0.05) is 26.2 Å². The third kappa shape index (κ3) is 6.55. The van der Waals surface area contributed by atoms with Gasteiger partial charge in [-0.25, -0.2) is 0 Å². The Morgan fingerprint density at radius 3 is 2.44 bits per heavy atom. The zero-order valence-electron chi connectivity index (χ0n) is 10.6. The molecule has 0 heterocycles. The number of halogens is 1. The van der Waals surface area contributed by atoms with Crippen LogP contribution in [0.4, 0.5) is 0 Å². The summed E-state index contributed by atoms with van der Waals surface area (Å²) in [5, 5.41) is 6.83. The van der Waals surface area contributed by atoms with E-state index >= 15 is 0 Å². The fourth-order valence-electron chi connectivity index (χ4n) is 1.98. The van der Waals surface area contributed by atoms with E-state index in [9.17, 15) is 0 Å². The average Bonchev–Trinajstić information content (AvgIpc) is 2.28. The highest BCUT2D eigenvalue weighted by atomic mass is 127. The van der Waals surface area contributed by atoms with Gasteiger partial charge in [0.25, 0.3) is 0 Å². The smallest absolute Gasteiger partial charge is 0.191 e. The Morgan fingerprint density at radius 1 is 1.19 bits per heavy atom. The molecule has 16 heavy (non-hydrogen) atoms. The van der Waals surface area contributed by atoms with Crippen molar-refractivity contribution in [1.82, 2.24) is 10.6 Å². The Morgan fingerprint density at radius 2 is 1.88 bits per heavy atom. The molecule has 0 atom stereocenters. The van der Waals surface area contributed by atoms with E-state index in [-0.39, 0.29) is 24.0 Å². The zero-order chi connectivity index (χ0) is 10.9. The van der Waals surface area contributed by atoms with Crippen LogP contribution >= 0.6 is 24.0 Å². The van der Waals surface area contributed by atoms with E-state index in [0.29, 0.717) is 6.04 Å². The summed E-state index contributed by atoms with van der Waals surface area (Å²) in [4.78, 5) is 4.52. The molecule has 1 aliphatic rings. The van der Waals surface area contributed by atoms with Gasteiger partial charge in [-0.15, -0.1) is 24.0 Å². The van der Waals surface area contributed by atoms with E-state index in [1.807, 2.05) is 0 Å². The van der Waals surface area contributed by atoms with Crippen molar-refractivity contribution in [3.63, 3.8) is 0 Å². The maximum absolute atomic E-state index is 4.52. The number of aliphatic imine (C=N–C) groups is 1. The first-order chi connectivity index (χ1) is 7.36. The van der Waals surface area contributed by atoms with Crippen LogP contribution in [0.3, 0.4) is 0 Å². The molecule has 0 spiro atoms. The summed E-state index contributed by atoms with van der Waals surface area (Å²) in [6.45, 7) is 6.14. The Bertz CT molecular complexity index is 189. The molecule has 96 valence electrons. The lowest BCUT2D eigenvalue weighted by atomic mass is 9.96. The molecule has 4 heteroatoms. The monoisotopic (exact) mass is 339 g/mol. The summed E-state index contributed by atoms with van der Waals surface area (Å²) in [7, 11) is 0. The summed E-state index contributed by atoms with van der Waals surface area (Å²) < 4.78 is 0. The number of rotatable bonds is 4. The van der Waals surface area contributed by atoms with Gasteiger partial charge < -0.3 is 10.6 Å². The van der Waals surface area contributed by atoms with Crippen LogP contribution in [0.2, 0.25) is 0 Å². The summed E-state index contributed by atoms with van der Waals surface area (Å²) in [6.07, 6.45) is 7.85. The zero-order valence-corrected chi connectivity index (χ0v) is 12.9. The molecular weight excluding hydrogens is 313 g/mol. The molecule has 0 bridgehead atoms. The maximum atomic E-state index is 4.52. The molecule has 0 amide bonds. The van der Waals surface area contributed by atoms with E-state index in [0.717, 1.165) is 25.5 Å². The summed E-state index contributed by atoms with van der Waals surface area (Å²) in [6, 6.07) is 0.647. The van der Waals surface area contributed by atoms with Crippen LogP contribution in [-0.4, -0.2) is 25.1 Å². The van der Waals surface area contributed by atoms with Gasteiger partial charge in [0.15, 0.2) is 5.96 Å². The lowest BCUT2D eigenvalue weighted by Gasteiger charge is -2.24. The maximum Gasteiger partial charge on any atom is 0.191 e. The highest BCUT2D eigenvalue weighted by Gasteiger charge is 2.13. The number of guanidine groups is 1. The SMILES string of the molecule is CCCN=C(NCC)NC1CCCCC1.I. The minimum atomic E-state index is 0. The van der Waals surface area contributed by atoms with Gasteiger partial charge in [0.2, 0.25) is 0 Å². The summed E-state index contributed by atoms with van der Waals surface area (Å²) >= 11 is 0. The molecule has 1 fully saturated rings. The number of hydrogen-bond acceptors (Lipinski definition) is 1. The Balaban J connectivity index is 0.00000225. The van der Waals surface area contributed by atoms with Crippen molar-refractivity contribution in [3.8, 4) is 0 Å². The largest absolute Gasteiger partial charge is 0.357 e. The molecule has 0 unspecified atom stereocenters. The fraction of sp³-hybridized carbons (Fsp3) is 0.917. The van der Waals surface area contributed by atoms with Crippen LogP contribution in [0.25, 0.3) is 0 Å². The second-order valence-electron chi connectivity index (χ2n) is 4.24. The van der Waals surface area contributed by atoms with Crippen LogP contribution in [-0.2, 0) is 0 Å². The second-order valence-corrected chi connectivity index (χ2v) is 4.24. The van der Waals surface area contributed by atoms with Crippen LogP contribution < -0.4 is 10.6 Å². The second kappa shape index (κ2) is 10.2. The van der Waals surface area contributed by atoms with Crippen molar-refractivity contribution in [2.45, 2.75) is 58.4 Å². The van der Waals surface area contributed by atoms with Crippen molar-refractivity contribution in [1.29, 1.82) is 0 Å². The standard InChI is InChI=1S/C12H25N3.HI/c1-3-10-14-12(13-4-2)15-11-8-6-5-7-9-11;/h11H,3-10H2,1-2H3,(H2,13,14,15);1H. The predicted octanol–water partition coefficient (Wildman–Crippen LogP) is 2.90. The van der Waals surface area contributed by atoms with Crippen molar-refractivity contribution < 1.29 is 0 Å². The minimum absolute atomic E-state index is 0. The van der Waals surface area contributed by atoms with Gasteiger partial charge in [-0.3, -0.25) is 4.99 Å². The molecule has 1 aliphatic carbocycles. The van der Waals surface area contributed by atoms with Gasteiger partial charge >= 0.3 is 0 Å². The third-order valence-electron chi connectivity index (χ3n) is 2.78. The Kier molecular flexibility index (Phi) is 10.2. The molecular formula is C12H26IN3. The molecule has 0 aromatic carbocycles. The molecule has 0 saturated heterocycles. The van der Waals surface area contributed by atoms with Crippen molar-refractivity contribution >= 4 is 29.9 Å². The van der Waals surface area contributed by atoms with Crippen LogP contribution in [0.15, 0.2) is 4.99 Å². The van der Waals surface area contributed by atoms with Crippen molar-refractivity contribution in [3.05, 3.63) is 0 Å². The highest BCUT2D eigenvalue weighted by molar-refractivity contribution is 14.0. The van der Waals surface area contributed by atoms with Gasteiger partial charge in [0.1, 0.15) is 0 Å². The first kappa shape index (κ1) is 16.0. The minimum Gasteiger partial charge on any atom is -0.357 e. The van der Waals surface area contributed by atoms with E-state index < -0.39 is 0 Å². The Hall–Kier alpha value is 0. The first-order valence-corrected chi connectivity index (χ1v) is 6.41. The number of nitrogens with zero attached hydrogens (tertiary/aromatic N) is 1. The molecule has 0 aliphatic heterocycles. The molecule has 0 aromatic rings. The van der Waals surface area contributed by atoms with Gasteiger partial charge in [0.05, 0.1) is 0 Å². The quantitative estimate of drug-likeness (QED) is 0.469. The predicted molar refractivity (Wildman–Crippen MR) is 81.7 cm³/mol. The molecule has 3 nitrogen and oxygen atoms in total. The van der Waals surface area contributed by atoms with Gasteiger partial charge in [0, 0.05) is 19.1 Å². The van der Waals surface area contributed by atoms with Crippen LogP contribution in [0.5, 0.6) is 0 Å². The normalized spacial score (nSPS) is 17.8. The highest BCUT2D eigenvalue weighted by Crippen LogP contribution is 2.17. The van der Waals surface area contributed by atoms with Crippen molar-refractivity contribution in [2.75, 3.05) is 13.1 Å². The lowest BCUT2D eigenvalue weighted by Crippen LogP contribution is -2.44. The number of nitrogens with one attached hydrogen (secondary N) is 2. The molecule has 1 rings (SSSR count). The summed E-state index contributed by atoms with van der Waals surface area (Å²) in [5.74, 6) is 1.01. The number of hydrogen-bond donors (Lipinski definition) is 2. The third-order valence-corrected chi connectivity index (χ3v) is 2.78. The van der Waals surface area contributed by atoms with Crippen LogP contribution in [0.1, 0.15) is 52.4 Å². The van der Waals surface area contributed by atoms with Gasteiger partial charge in [-0.05, 0) is 26.2 Å². The van der Waals surface area contributed by atoms with Crippen LogP contribution in [0, 0.1) is 0 Å². The van der Waals surface area contributed by atoms with Crippen molar-refractivity contribution in [2.24, 2.45) is 4.99 Å². The van der Waals surface area contributed by atoms with E-state index in [1.54, 1.807) is 0 Å². The topological polar surface area (TPSA) is 36.4 Å². The average molecular weight is 339 g/mol. The lowest BCUT2D eigenvalue weighted by molar-refractivity contribution is 0.410.